The quantitative estimate of drug-likeness (QED) is 0.309. The molecule has 0 radical (unpaired) electrons. The van der Waals surface area contributed by atoms with E-state index in [1.807, 2.05) is 68.4 Å². The molecule has 0 bridgehead atoms. The minimum absolute atomic E-state index is 0.330. The van der Waals surface area contributed by atoms with Crippen molar-refractivity contribution in [2.24, 2.45) is 5.10 Å². The van der Waals surface area contributed by atoms with Crippen LogP contribution in [0.1, 0.15) is 18.1 Å². The lowest BCUT2D eigenvalue weighted by Crippen LogP contribution is -2.36. The molecule has 0 atom stereocenters. The van der Waals surface area contributed by atoms with E-state index in [1.165, 1.54) is 11.3 Å². The maximum absolute atomic E-state index is 12.2. The van der Waals surface area contributed by atoms with Crippen LogP contribution in [0.5, 0.6) is 0 Å². The molecule has 8 heteroatoms. The summed E-state index contributed by atoms with van der Waals surface area (Å²) in [6.07, 6.45) is 0. The van der Waals surface area contributed by atoms with E-state index in [2.05, 4.69) is 20.8 Å². The van der Waals surface area contributed by atoms with Crippen molar-refractivity contribution in [2.45, 2.75) is 13.8 Å². The van der Waals surface area contributed by atoms with E-state index in [0.29, 0.717) is 16.5 Å². The Bertz CT molecular complexity index is 1170. The van der Waals surface area contributed by atoms with Gasteiger partial charge in [-0.05, 0) is 29.4 Å². The molecule has 0 spiro atoms. The maximum Gasteiger partial charge on any atom is 0.437 e. The highest BCUT2D eigenvalue weighted by Gasteiger charge is 2.27. The number of aryl methyl sites for hydroxylation is 1. The van der Waals surface area contributed by atoms with E-state index in [0.717, 1.165) is 22.5 Å². The largest absolute Gasteiger partial charge is 0.437 e. The summed E-state index contributed by atoms with van der Waals surface area (Å²) >= 11 is 1.36. The second-order valence-electron chi connectivity index (χ2n) is 6.21. The summed E-state index contributed by atoms with van der Waals surface area (Å²) in [5.41, 5.74) is 7.09. The van der Waals surface area contributed by atoms with Gasteiger partial charge in [0.2, 0.25) is 10.8 Å². The molecule has 4 aromatic rings. The van der Waals surface area contributed by atoms with Crippen LogP contribution in [0.3, 0.4) is 0 Å². The van der Waals surface area contributed by atoms with Gasteiger partial charge in [-0.25, -0.2) is 9.78 Å². The summed E-state index contributed by atoms with van der Waals surface area (Å²) in [7, 11) is 0. The van der Waals surface area contributed by atoms with Crippen LogP contribution >= 0.6 is 11.3 Å². The Labute approximate surface area is 164 Å². The Morgan fingerprint density at radius 3 is 2.68 bits per heavy atom. The van der Waals surface area contributed by atoms with Crippen LogP contribution in [0, 0.1) is 6.92 Å². The van der Waals surface area contributed by atoms with E-state index < -0.39 is 5.63 Å². The monoisotopic (exact) mass is 392 g/mol. The zero-order valence-corrected chi connectivity index (χ0v) is 16.2. The normalized spacial score (nSPS) is 11.6. The van der Waals surface area contributed by atoms with Gasteiger partial charge in [0.15, 0.2) is 5.69 Å². The van der Waals surface area contributed by atoms with Crippen molar-refractivity contribution in [3.05, 3.63) is 81.5 Å². The van der Waals surface area contributed by atoms with Crippen molar-refractivity contribution >= 4 is 22.2 Å². The molecule has 0 aliphatic rings. The van der Waals surface area contributed by atoms with Gasteiger partial charge < -0.3 is 0 Å². The van der Waals surface area contributed by atoms with E-state index in [-0.39, 0.29) is 0 Å². The Morgan fingerprint density at radius 2 is 1.93 bits per heavy atom. The SMILES string of the molecule is C/C(=N\Nc1nc(-c2c(=O)o[nH][n+]2-c2ccc(C)cc2)cs1)c1ccccc1. The van der Waals surface area contributed by atoms with Crippen LogP contribution in [0.15, 0.2) is 74.4 Å². The number of aromatic amines is 1. The third-order valence-electron chi connectivity index (χ3n) is 4.20. The van der Waals surface area contributed by atoms with Crippen LogP contribution in [-0.4, -0.2) is 16.0 Å². The first kappa shape index (κ1) is 17.9. The molecule has 0 saturated heterocycles. The number of hydrazone groups is 1. The summed E-state index contributed by atoms with van der Waals surface area (Å²) in [6.45, 7) is 3.92. The van der Waals surface area contributed by atoms with Gasteiger partial charge in [0.1, 0.15) is 0 Å². The summed E-state index contributed by atoms with van der Waals surface area (Å²) in [5, 5.41) is 9.38. The molecule has 2 heterocycles. The van der Waals surface area contributed by atoms with Gasteiger partial charge in [-0.1, -0.05) is 48.0 Å². The third-order valence-corrected chi connectivity index (χ3v) is 4.94. The summed E-state index contributed by atoms with van der Waals surface area (Å²) in [6, 6.07) is 17.6. The van der Waals surface area contributed by atoms with Crippen LogP contribution in [0.25, 0.3) is 17.1 Å². The number of hydrogen-bond acceptors (Lipinski definition) is 6. The summed E-state index contributed by atoms with van der Waals surface area (Å²) in [5.74, 6) is 0. The van der Waals surface area contributed by atoms with E-state index in [9.17, 15) is 4.79 Å². The highest BCUT2D eigenvalue weighted by Crippen LogP contribution is 2.21. The zero-order chi connectivity index (χ0) is 19.5. The Kier molecular flexibility index (Phi) is 4.86. The lowest BCUT2D eigenvalue weighted by molar-refractivity contribution is -0.660. The van der Waals surface area contributed by atoms with Crippen LogP contribution in [0.4, 0.5) is 5.13 Å². The topological polar surface area (TPSA) is 87.2 Å². The summed E-state index contributed by atoms with van der Waals surface area (Å²) in [4.78, 5) is 16.7. The van der Waals surface area contributed by atoms with Gasteiger partial charge in [0.05, 0.1) is 5.71 Å². The van der Waals surface area contributed by atoms with E-state index in [4.69, 9.17) is 4.52 Å². The molecule has 140 valence electrons. The molecule has 2 N–H and O–H groups in total. The average Bonchev–Trinajstić information content (AvgIpc) is 3.33. The van der Waals surface area contributed by atoms with Crippen LogP contribution < -0.4 is 15.7 Å². The number of rotatable bonds is 5. The van der Waals surface area contributed by atoms with Crippen molar-refractivity contribution in [2.75, 3.05) is 5.43 Å². The number of nitrogens with zero attached hydrogens (tertiary/aromatic N) is 3. The first-order chi connectivity index (χ1) is 13.6. The lowest BCUT2D eigenvalue weighted by Gasteiger charge is -2.00. The van der Waals surface area contributed by atoms with Crippen molar-refractivity contribution in [3.8, 4) is 17.1 Å². The number of hydrogen-bond donors (Lipinski definition) is 2. The number of benzene rings is 2. The van der Waals surface area contributed by atoms with Gasteiger partial charge in [0.25, 0.3) is 0 Å². The fraction of sp³-hybridized carbons (Fsp3) is 0.100. The predicted molar refractivity (Wildman–Crippen MR) is 109 cm³/mol. The second kappa shape index (κ2) is 7.61. The van der Waals surface area contributed by atoms with Crippen molar-refractivity contribution < 1.29 is 9.20 Å². The first-order valence-corrected chi connectivity index (χ1v) is 9.52. The molecule has 28 heavy (non-hydrogen) atoms. The van der Waals surface area contributed by atoms with Crippen LogP contribution in [-0.2, 0) is 0 Å². The second-order valence-corrected chi connectivity index (χ2v) is 7.07. The average molecular weight is 392 g/mol. The Hall–Kier alpha value is -3.52. The number of anilines is 1. The highest BCUT2D eigenvalue weighted by atomic mass is 32.1. The molecule has 0 fully saturated rings. The molecule has 0 unspecified atom stereocenters. The van der Waals surface area contributed by atoms with Gasteiger partial charge in [-0.3, -0.25) is 9.95 Å². The minimum Gasteiger partial charge on any atom is -0.282 e. The van der Waals surface area contributed by atoms with Crippen molar-refractivity contribution in [3.63, 3.8) is 0 Å². The third kappa shape index (κ3) is 3.63. The number of aromatic nitrogens is 3. The number of H-pyrrole nitrogens is 1. The van der Waals surface area contributed by atoms with Gasteiger partial charge in [-0.15, -0.1) is 11.3 Å². The van der Waals surface area contributed by atoms with Crippen molar-refractivity contribution in [1.29, 1.82) is 0 Å². The van der Waals surface area contributed by atoms with E-state index in [1.54, 1.807) is 10.1 Å². The molecule has 7 nitrogen and oxygen atoms in total. The minimum atomic E-state index is -0.485. The predicted octanol–water partition coefficient (Wildman–Crippen LogP) is 3.51. The standard InChI is InChI=1S/C20H17N5O2S/c1-13-8-10-16(11-9-13)25-18(19(26)27-24-25)17-12-28-20(21-17)23-22-14(2)15-6-4-3-5-7-15/h3-12H,1-2H3,(H-,21,23,24,26)/p+1/b22-14+. The number of thiazole rings is 1. The zero-order valence-electron chi connectivity index (χ0n) is 15.3. The fourth-order valence-electron chi connectivity index (χ4n) is 2.68. The van der Waals surface area contributed by atoms with Crippen LogP contribution in [0.2, 0.25) is 0 Å². The maximum atomic E-state index is 12.2. The molecule has 0 aliphatic carbocycles. The number of nitrogens with one attached hydrogen (secondary N) is 2. The molecule has 0 aliphatic heterocycles. The smallest absolute Gasteiger partial charge is 0.282 e. The molecule has 0 amide bonds. The van der Waals surface area contributed by atoms with Gasteiger partial charge in [-0.2, -0.15) is 5.10 Å². The van der Waals surface area contributed by atoms with Gasteiger partial charge in [0, 0.05) is 17.5 Å². The summed E-state index contributed by atoms with van der Waals surface area (Å²) < 4.78 is 6.58. The first-order valence-electron chi connectivity index (χ1n) is 8.64. The fourth-order valence-corrected chi connectivity index (χ4v) is 3.31. The van der Waals surface area contributed by atoms with E-state index >= 15 is 0 Å². The molecule has 0 saturated carbocycles. The molecule has 2 aromatic heterocycles. The molecular weight excluding hydrogens is 374 g/mol. The molecular formula is C20H18N5O2S+. The van der Waals surface area contributed by atoms with Crippen molar-refractivity contribution in [1.82, 2.24) is 10.3 Å². The lowest BCUT2D eigenvalue weighted by atomic mass is 10.1. The Balaban J connectivity index is 1.61. The Morgan fingerprint density at radius 1 is 1.18 bits per heavy atom. The van der Waals surface area contributed by atoms with Gasteiger partial charge >= 0.3 is 11.3 Å². The molecule has 2 aromatic carbocycles. The molecule has 4 rings (SSSR count). The highest BCUT2D eigenvalue weighted by molar-refractivity contribution is 7.14.